The van der Waals surface area contributed by atoms with Crippen LogP contribution in [0.15, 0.2) is 0 Å². The Morgan fingerprint density at radius 3 is 2.40 bits per heavy atom. The van der Waals surface area contributed by atoms with Crippen LogP contribution in [0.1, 0.15) is 40.5 Å². The third kappa shape index (κ3) is 4.11. The van der Waals surface area contributed by atoms with E-state index in [-0.39, 0.29) is 11.5 Å². The van der Waals surface area contributed by atoms with Gasteiger partial charge in [-0.25, -0.2) is 8.42 Å². The van der Waals surface area contributed by atoms with Gasteiger partial charge < -0.3 is 5.32 Å². The van der Waals surface area contributed by atoms with Crippen molar-refractivity contribution in [1.82, 2.24) is 5.32 Å². The lowest BCUT2D eigenvalue weighted by Gasteiger charge is -2.33. The number of nitrogens with one attached hydrogen (secondary N) is 1. The largest absolute Gasteiger partial charge is 0.310 e. The van der Waals surface area contributed by atoms with Crippen molar-refractivity contribution in [3.05, 3.63) is 0 Å². The van der Waals surface area contributed by atoms with E-state index in [4.69, 9.17) is 0 Å². The van der Waals surface area contributed by atoms with Crippen molar-refractivity contribution in [2.45, 2.75) is 52.6 Å². The van der Waals surface area contributed by atoms with Crippen LogP contribution in [0, 0.1) is 5.41 Å². The monoisotopic (exact) mass is 233 g/mol. The molecule has 1 saturated heterocycles. The predicted molar refractivity (Wildman–Crippen MR) is 63.7 cm³/mol. The van der Waals surface area contributed by atoms with Crippen LogP contribution in [0.2, 0.25) is 0 Å². The van der Waals surface area contributed by atoms with Gasteiger partial charge in [-0.2, -0.15) is 0 Å². The molecule has 15 heavy (non-hydrogen) atoms. The normalized spacial score (nSPS) is 28.7. The maximum absolute atomic E-state index is 11.5. The van der Waals surface area contributed by atoms with Gasteiger partial charge in [-0.05, 0) is 25.2 Å². The Labute approximate surface area is 93.6 Å². The molecule has 1 rings (SSSR count). The van der Waals surface area contributed by atoms with Gasteiger partial charge in [0.15, 0.2) is 9.84 Å². The Morgan fingerprint density at radius 1 is 1.33 bits per heavy atom. The van der Waals surface area contributed by atoms with Gasteiger partial charge in [-0.15, -0.1) is 0 Å². The quantitative estimate of drug-likeness (QED) is 0.788. The molecule has 4 heteroatoms. The highest BCUT2D eigenvalue weighted by atomic mass is 32.2. The van der Waals surface area contributed by atoms with Crippen molar-refractivity contribution in [1.29, 1.82) is 0 Å². The van der Waals surface area contributed by atoms with E-state index in [9.17, 15) is 8.42 Å². The molecule has 0 aliphatic carbocycles. The molecule has 0 amide bonds. The van der Waals surface area contributed by atoms with Gasteiger partial charge in [0, 0.05) is 12.1 Å². The van der Waals surface area contributed by atoms with E-state index >= 15 is 0 Å². The van der Waals surface area contributed by atoms with Crippen molar-refractivity contribution in [2.24, 2.45) is 5.41 Å². The molecule has 0 aromatic carbocycles. The van der Waals surface area contributed by atoms with E-state index in [2.05, 4.69) is 33.0 Å². The molecule has 2 atom stereocenters. The zero-order valence-electron chi connectivity index (χ0n) is 10.2. The van der Waals surface area contributed by atoms with Crippen LogP contribution in [-0.4, -0.2) is 32.0 Å². The molecule has 0 saturated carbocycles. The topological polar surface area (TPSA) is 46.2 Å². The first-order chi connectivity index (χ1) is 6.71. The van der Waals surface area contributed by atoms with Gasteiger partial charge >= 0.3 is 0 Å². The second-order valence-corrected chi connectivity index (χ2v) is 7.94. The number of hydrogen-bond donors (Lipinski definition) is 1. The highest BCUT2D eigenvalue weighted by Gasteiger charge is 2.28. The molecule has 90 valence electrons. The van der Waals surface area contributed by atoms with E-state index < -0.39 is 9.84 Å². The van der Waals surface area contributed by atoms with E-state index in [0.29, 0.717) is 17.5 Å². The van der Waals surface area contributed by atoms with Crippen LogP contribution in [-0.2, 0) is 9.84 Å². The first-order valence-electron chi connectivity index (χ1n) is 5.67. The Morgan fingerprint density at radius 2 is 1.93 bits per heavy atom. The Hall–Kier alpha value is -0.0900. The average Bonchev–Trinajstić information content (AvgIpc) is 2.00. The van der Waals surface area contributed by atoms with Crippen LogP contribution in [0.25, 0.3) is 0 Å². The summed E-state index contributed by atoms with van der Waals surface area (Å²) in [5.74, 6) is 0.683. The number of sulfone groups is 1. The van der Waals surface area contributed by atoms with E-state index in [1.165, 1.54) is 0 Å². The highest BCUT2D eigenvalue weighted by Crippen LogP contribution is 2.21. The summed E-state index contributed by atoms with van der Waals surface area (Å²) in [6, 6.07) is 0.494. The maximum Gasteiger partial charge on any atom is 0.151 e. The Bertz CT molecular complexity index is 303. The van der Waals surface area contributed by atoms with E-state index in [1.54, 1.807) is 0 Å². The highest BCUT2D eigenvalue weighted by molar-refractivity contribution is 7.91. The van der Waals surface area contributed by atoms with Gasteiger partial charge in [0.1, 0.15) is 0 Å². The molecular weight excluding hydrogens is 210 g/mol. The standard InChI is InChI=1S/C11H23NO2S/c1-9(11(2,3)4)12-10-6-5-7-15(13,14)8-10/h9-10,12H,5-8H2,1-4H3. The molecule has 1 fully saturated rings. The first-order valence-corrected chi connectivity index (χ1v) is 7.49. The van der Waals surface area contributed by atoms with Crippen molar-refractivity contribution in [3.8, 4) is 0 Å². The minimum Gasteiger partial charge on any atom is -0.310 e. The Kier molecular flexibility index (Phi) is 3.82. The predicted octanol–water partition coefficient (Wildman–Crippen LogP) is 1.59. The zero-order chi connectivity index (χ0) is 11.7. The second kappa shape index (κ2) is 4.42. The summed E-state index contributed by atoms with van der Waals surface area (Å²) in [6.07, 6.45) is 1.79. The summed E-state index contributed by atoms with van der Waals surface area (Å²) in [4.78, 5) is 0. The summed E-state index contributed by atoms with van der Waals surface area (Å²) >= 11 is 0. The van der Waals surface area contributed by atoms with Crippen LogP contribution in [0.3, 0.4) is 0 Å². The fourth-order valence-corrected chi connectivity index (χ4v) is 3.41. The van der Waals surface area contributed by atoms with Crippen LogP contribution >= 0.6 is 0 Å². The molecule has 0 aromatic rings. The third-order valence-corrected chi connectivity index (χ3v) is 5.07. The molecule has 0 aromatic heterocycles. The molecular formula is C11H23NO2S. The molecule has 0 bridgehead atoms. The van der Waals surface area contributed by atoms with Crippen LogP contribution in [0.4, 0.5) is 0 Å². The third-order valence-electron chi connectivity index (χ3n) is 3.25. The van der Waals surface area contributed by atoms with Gasteiger partial charge in [0.2, 0.25) is 0 Å². The SMILES string of the molecule is CC(NC1CCCS(=O)(=O)C1)C(C)(C)C. The lowest BCUT2D eigenvalue weighted by atomic mass is 9.87. The smallest absolute Gasteiger partial charge is 0.151 e. The molecule has 1 aliphatic heterocycles. The first kappa shape index (κ1) is 13.0. The molecule has 0 radical (unpaired) electrons. The van der Waals surface area contributed by atoms with Gasteiger partial charge in [-0.1, -0.05) is 20.8 Å². The summed E-state index contributed by atoms with van der Waals surface area (Å²) < 4.78 is 22.9. The maximum atomic E-state index is 11.5. The molecule has 0 spiro atoms. The number of rotatable bonds is 2. The van der Waals surface area contributed by atoms with Gasteiger partial charge in [0.05, 0.1) is 11.5 Å². The number of hydrogen-bond acceptors (Lipinski definition) is 3. The van der Waals surface area contributed by atoms with Crippen molar-refractivity contribution < 1.29 is 8.42 Å². The average molecular weight is 233 g/mol. The van der Waals surface area contributed by atoms with Gasteiger partial charge in [-0.3, -0.25) is 0 Å². The molecule has 1 aliphatic rings. The van der Waals surface area contributed by atoms with Crippen molar-refractivity contribution in [2.75, 3.05) is 11.5 Å². The summed E-state index contributed by atoms with van der Waals surface area (Å²) in [5, 5.41) is 3.44. The zero-order valence-corrected chi connectivity index (χ0v) is 11.0. The lowest BCUT2D eigenvalue weighted by molar-refractivity contribution is 0.261. The van der Waals surface area contributed by atoms with E-state index in [1.807, 2.05) is 0 Å². The van der Waals surface area contributed by atoms with Crippen LogP contribution in [0.5, 0.6) is 0 Å². The van der Waals surface area contributed by atoms with Gasteiger partial charge in [0.25, 0.3) is 0 Å². The Balaban J connectivity index is 2.53. The van der Waals surface area contributed by atoms with Crippen LogP contribution < -0.4 is 5.32 Å². The molecule has 1 heterocycles. The van der Waals surface area contributed by atoms with E-state index in [0.717, 1.165) is 12.8 Å². The molecule has 1 N–H and O–H groups in total. The minimum atomic E-state index is -2.79. The molecule has 3 nitrogen and oxygen atoms in total. The molecule has 2 unspecified atom stereocenters. The van der Waals surface area contributed by atoms with Crippen molar-refractivity contribution in [3.63, 3.8) is 0 Å². The fourth-order valence-electron chi connectivity index (χ4n) is 1.76. The second-order valence-electron chi connectivity index (χ2n) is 5.71. The summed E-state index contributed by atoms with van der Waals surface area (Å²) in [5.41, 5.74) is 0.182. The summed E-state index contributed by atoms with van der Waals surface area (Å²) in [7, 11) is -2.79. The van der Waals surface area contributed by atoms with Crippen molar-refractivity contribution >= 4 is 9.84 Å². The fraction of sp³-hybridized carbons (Fsp3) is 1.00. The minimum absolute atomic E-state index is 0.151. The lowest BCUT2D eigenvalue weighted by Crippen LogP contribution is -2.48. The summed E-state index contributed by atoms with van der Waals surface area (Å²) in [6.45, 7) is 8.63.